The van der Waals surface area contributed by atoms with Crippen LogP contribution in [0.3, 0.4) is 0 Å². The number of carbonyl (C=O) groups is 1. The van der Waals surface area contributed by atoms with E-state index in [-0.39, 0.29) is 11.8 Å². The second kappa shape index (κ2) is 12.7. The summed E-state index contributed by atoms with van der Waals surface area (Å²) in [6.45, 7) is 5.33. The first-order valence-corrected chi connectivity index (χ1v) is 15.1. The molecule has 6 nitrogen and oxygen atoms in total. The molecule has 4 heterocycles. The Morgan fingerprint density at radius 1 is 0.976 bits per heavy atom. The summed E-state index contributed by atoms with van der Waals surface area (Å²) in [5, 5.41) is 5.71. The van der Waals surface area contributed by atoms with Crippen molar-refractivity contribution in [3.63, 3.8) is 0 Å². The Kier molecular flexibility index (Phi) is 8.60. The van der Waals surface area contributed by atoms with Crippen LogP contribution in [0, 0.1) is 30.4 Å². The van der Waals surface area contributed by atoms with Crippen molar-refractivity contribution in [1.82, 2.24) is 9.99 Å². The summed E-state index contributed by atoms with van der Waals surface area (Å²) < 4.78 is 33.2. The van der Waals surface area contributed by atoms with E-state index in [9.17, 15) is 13.6 Å². The zero-order chi connectivity index (χ0) is 29.1. The van der Waals surface area contributed by atoms with Crippen molar-refractivity contribution in [2.45, 2.75) is 57.9 Å². The number of pyridine rings is 1. The van der Waals surface area contributed by atoms with Gasteiger partial charge >= 0.3 is 0 Å². The molecule has 3 aromatic rings. The Balaban J connectivity index is 1.10. The average molecular weight is 573 g/mol. The smallest absolute Gasteiger partial charge is 0.246 e. The van der Waals surface area contributed by atoms with Crippen LogP contribution in [-0.4, -0.2) is 48.4 Å². The number of benzene rings is 2. The predicted octanol–water partition coefficient (Wildman–Crippen LogP) is 6.87. The van der Waals surface area contributed by atoms with E-state index in [1.54, 1.807) is 6.21 Å². The molecule has 1 atom stereocenters. The number of ether oxygens (including phenoxy) is 1. The fourth-order valence-corrected chi connectivity index (χ4v) is 6.51. The van der Waals surface area contributed by atoms with Gasteiger partial charge in [0.1, 0.15) is 17.5 Å². The van der Waals surface area contributed by atoms with Crippen LogP contribution in [0.2, 0.25) is 0 Å². The Morgan fingerprint density at radius 2 is 1.74 bits per heavy atom. The topological polar surface area (TPSA) is 58.0 Å². The lowest BCUT2D eigenvalue weighted by molar-refractivity contribution is -0.138. The van der Waals surface area contributed by atoms with E-state index in [1.807, 2.05) is 6.20 Å². The van der Waals surface area contributed by atoms with E-state index >= 15 is 0 Å². The number of aromatic nitrogens is 1. The van der Waals surface area contributed by atoms with Gasteiger partial charge in [-0.25, -0.2) is 18.8 Å². The van der Waals surface area contributed by atoms with Gasteiger partial charge in [-0.05, 0) is 103 Å². The van der Waals surface area contributed by atoms with Crippen molar-refractivity contribution >= 4 is 17.9 Å². The zero-order valence-electron chi connectivity index (χ0n) is 24.1. The first kappa shape index (κ1) is 28.5. The number of amides is 1. The molecule has 3 aliphatic heterocycles. The highest BCUT2D eigenvalue weighted by Gasteiger charge is 2.35. The van der Waals surface area contributed by atoms with Gasteiger partial charge < -0.3 is 9.64 Å². The zero-order valence-corrected chi connectivity index (χ0v) is 24.1. The normalized spacial score (nSPS) is 19.9. The third-order valence-electron chi connectivity index (χ3n) is 9.03. The number of hydrazone groups is 1. The molecule has 2 saturated heterocycles. The molecule has 42 heavy (non-hydrogen) atoms. The molecule has 1 aromatic heterocycles. The second-order valence-corrected chi connectivity index (χ2v) is 11.8. The molecule has 0 saturated carbocycles. The van der Waals surface area contributed by atoms with E-state index in [2.05, 4.69) is 52.2 Å². The van der Waals surface area contributed by atoms with Crippen LogP contribution < -0.4 is 4.90 Å². The molecule has 8 heteroatoms. The molecule has 0 bridgehead atoms. The third kappa shape index (κ3) is 6.38. The maximum absolute atomic E-state index is 13.9. The summed E-state index contributed by atoms with van der Waals surface area (Å²) in [5.74, 6) is 0.0766. The molecule has 2 fully saturated rings. The summed E-state index contributed by atoms with van der Waals surface area (Å²) in [6.07, 6.45) is 9.90. The number of hydrogen-bond acceptors (Lipinski definition) is 5. The maximum Gasteiger partial charge on any atom is 0.246 e. The van der Waals surface area contributed by atoms with Crippen LogP contribution in [0.4, 0.5) is 14.6 Å². The largest absolute Gasteiger partial charge is 0.381 e. The number of aryl methyl sites for hydroxylation is 2. The van der Waals surface area contributed by atoms with Crippen molar-refractivity contribution in [3.8, 4) is 11.1 Å². The van der Waals surface area contributed by atoms with Crippen molar-refractivity contribution in [3.05, 3.63) is 83.1 Å². The van der Waals surface area contributed by atoms with Gasteiger partial charge in [0.2, 0.25) is 5.91 Å². The molecule has 2 aromatic carbocycles. The minimum absolute atomic E-state index is 0.0898. The van der Waals surface area contributed by atoms with Gasteiger partial charge in [-0.15, -0.1) is 0 Å². The first-order chi connectivity index (χ1) is 20.4. The van der Waals surface area contributed by atoms with Crippen molar-refractivity contribution in [1.29, 1.82) is 0 Å². The van der Waals surface area contributed by atoms with Crippen molar-refractivity contribution in [2.24, 2.45) is 16.9 Å². The van der Waals surface area contributed by atoms with Crippen LogP contribution in [0.15, 0.2) is 59.8 Å². The third-order valence-corrected chi connectivity index (χ3v) is 9.03. The highest BCUT2D eigenvalue weighted by Crippen LogP contribution is 2.34. The fraction of sp³-hybridized carbons (Fsp3) is 0.441. The Bertz CT molecular complexity index is 1430. The van der Waals surface area contributed by atoms with Gasteiger partial charge in [-0.1, -0.05) is 18.2 Å². The summed E-state index contributed by atoms with van der Waals surface area (Å²) in [4.78, 5) is 20.4. The summed E-state index contributed by atoms with van der Waals surface area (Å²) in [5.41, 5.74) is 5.42. The van der Waals surface area contributed by atoms with E-state index in [1.165, 1.54) is 40.3 Å². The molecule has 1 amide bonds. The van der Waals surface area contributed by atoms with Gasteiger partial charge in [0, 0.05) is 57.1 Å². The van der Waals surface area contributed by atoms with Gasteiger partial charge in [0.15, 0.2) is 0 Å². The Morgan fingerprint density at radius 3 is 2.50 bits per heavy atom. The average Bonchev–Trinajstić information content (AvgIpc) is 3.51. The summed E-state index contributed by atoms with van der Waals surface area (Å²) >= 11 is 0. The van der Waals surface area contributed by atoms with E-state index < -0.39 is 17.7 Å². The van der Waals surface area contributed by atoms with Crippen molar-refractivity contribution in [2.75, 3.05) is 31.2 Å². The predicted molar refractivity (Wildman–Crippen MR) is 160 cm³/mol. The first-order valence-electron chi connectivity index (χ1n) is 15.1. The molecular weight excluding hydrogens is 534 g/mol. The molecule has 0 N–H and O–H groups in total. The quantitative estimate of drug-likeness (QED) is 0.310. The van der Waals surface area contributed by atoms with E-state index in [0.29, 0.717) is 37.9 Å². The number of halogens is 2. The van der Waals surface area contributed by atoms with Crippen LogP contribution in [0.1, 0.15) is 61.3 Å². The van der Waals surface area contributed by atoms with E-state index in [4.69, 9.17) is 4.74 Å². The van der Waals surface area contributed by atoms with Gasteiger partial charge in [-0.3, -0.25) is 4.79 Å². The molecule has 3 aliphatic rings. The molecule has 0 aliphatic carbocycles. The molecule has 1 unspecified atom stereocenters. The standard InChI is InChI=1S/C34H38F2N4O2/c1-23-2-3-25(5-4-24-10-16-42-17-11-24)18-31(23)27-6-12-37-33(21-27)39-14-8-26(9-15-39)34(41)40-32(7-13-38-40)28-19-29(35)22-30(36)20-28/h2-3,6,12-13,18-22,24,26,32H,4-5,7-11,14-17H2,1H3. The molecule has 0 spiro atoms. The lowest BCUT2D eigenvalue weighted by atomic mass is 9.91. The fourth-order valence-electron chi connectivity index (χ4n) is 6.51. The maximum atomic E-state index is 13.9. The van der Waals surface area contributed by atoms with Crippen LogP contribution in [0.5, 0.6) is 0 Å². The monoisotopic (exact) mass is 572 g/mol. The second-order valence-electron chi connectivity index (χ2n) is 11.8. The number of rotatable bonds is 7. The molecule has 6 rings (SSSR count). The number of carbonyl (C=O) groups excluding carboxylic acids is 1. The molecule has 0 radical (unpaired) electrons. The number of nitrogens with zero attached hydrogens (tertiary/aromatic N) is 4. The lowest BCUT2D eigenvalue weighted by Crippen LogP contribution is -2.41. The Hall–Kier alpha value is -3.65. The van der Waals surface area contributed by atoms with E-state index in [0.717, 1.165) is 55.8 Å². The number of anilines is 1. The van der Waals surface area contributed by atoms with Gasteiger partial charge in [0.05, 0.1) is 6.04 Å². The molecular formula is C34H38F2N4O2. The molecule has 220 valence electrons. The van der Waals surface area contributed by atoms with Crippen LogP contribution in [-0.2, 0) is 16.0 Å². The Labute approximate surface area is 246 Å². The minimum Gasteiger partial charge on any atom is -0.381 e. The summed E-state index contributed by atoms with van der Waals surface area (Å²) in [6, 6.07) is 14.0. The highest BCUT2D eigenvalue weighted by atomic mass is 19.1. The van der Waals surface area contributed by atoms with Crippen molar-refractivity contribution < 1.29 is 18.3 Å². The van der Waals surface area contributed by atoms with Crippen LogP contribution in [0.25, 0.3) is 11.1 Å². The summed E-state index contributed by atoms with van der Waals surface area (Å²) in [7, 11) is 0. The lowest BCUT2D eigenvalue weighted by Gasteiger charge is -2.34. The SMILES string of the molecule is Cc1ccc(CCC2CCOCC2)cc1-c1ccnc(N2CCC(C(=O)N3N=CCC3c3cc(F)cc(F)c3)CC2)c1. The van der Waals surface area contributed by atoms with Gasteiger partial charge in [0.25, 0.3) is 0 Å². The van der Waals surface area contributed by atoms with Gasteiger partial charge in [-0.2, -0.15) is 5.10 Å². The minimum atomic E-state index is -0.649. The number of piperidine rings is 1. The van der Waals surface area contributed by atoms with Crippen LogP contribution >= 0.6 is 0 Å². The number of hydrogen-bond donors (Lipinski definition) is 0. The highest BCUT2D eigenvalue weighted by molar-refractivity contribution is 5.82.